The molecule has 0 aromatic rings. The average molecular weight is 151 g/mol. The second-order valence-electron chi connectivity index (χ2n) is 2.49. The quantitative estimate of drug-likeness (QED) is 0.560. The van der Waals surface area contributed by atoms with Gasteiger partial charge in [0, 0.05) is 19.8 Å². The Kier molecular flexibility index (Phi) is 5.26. The van der Waals surface area contributed by atoms with Gasteiger partial charge >= 0.3 is 0 Å². The van der Waals surface area contributed by atoms with Gasteiger partial charge < -0.3 is 4.90 Å². The molecule has 11 heavy (non-hydrogen) atoms. The van der Waals surface area contributed by atoms with Crippen LogP contribution in [0.15, 0.2) is 36.1 Å². The van der Waals surface area contributed by atoms with E-state index in [1.807, 2.05) is 46.2 Å². The average Bonchev–Trinajstić information content (AvgIpc) is 1.97. The Hall–Kier alpha value is -0.980. The third-order valence-corrected chi connectivity index (χ3v) is 1.38. The Bertz CT molecular complexity index is 173. The van der Waals surface area contributed by atoms with Crippen molar-refractivity contribution in [1.29, 1.82) is 0 Å². The molecule has 0 fully saturated rings. The summed E-state index contributed by atoms with van der Waals surface area (Å²) < 4.78 is 0. The summed E-state index contributed by atoms with van der Waals surface area (Å²) in [6.45, 7) is 4.05. The van der Waals surface area contributed by atoms with Gasteiger partial charge in [-0.2, -0.15) is 0 Å². The van der Waals surface area contributed by atoms with Crippen molar-refractivity contribution in [3.63, 3.8) is 0 Å². The highest BCUT2D eigenvalue weighted by Gasteiger charge is 1.88. The molecule has 0 bridgehead atoms. The summed E-state index contributed by atoms with van der Waals surface area (Å²) in [6, 6.07) is 0. The zero-order valence-electron chi connectivity index (χ0n) is 7.83. The lowest BCUT2D eigenvalue weighted by atomic mass is 10.3. The molecule has 0 aliphatic rings. The Morgan fingerprint density at radius 1 is 1.09 bits per heavy atom. The van der Waals surface area contributed by atoms with Crippen LogP contribution in [0.5, 0.6) is 0 Å². The zero-order valence-corrected chi connectivity index (χ0v) is 7.83. The summed E-state index contributed by atoms with van der Waals surface area (Å²) in [5.74, 6) is 0. The molecule has 0 unspecified atom stereocenters. The van der Waals surface area contributed by atoms with Gasteiger partial charge in [-0.15, -0.1) is 0 Å². The molecule has 1 nitrogen and oxygen atoms in total. The number of likely N-dealkylation sites (N-methyl/N-ethyl adjacent to an activating group) is 1. The summed E-state index contributed by atoms with van der Waals surface area (Å²) >= 11 is 0. The third-order valence-electron chi connectivity index (χ3n) is 1.38. The predicted molar refractivity (Wildman–Crippen MR) is 51.4 cm³/mol. The minimum atomic E-state index is 1.23. The molecule has 0 atom stereocenters. The maximum Gasteiger partial charge on any atom is 0.0317 e. The van der Waals surface area contributed by atoms with Crippen molar-refractivity contribution in [2.75, 3.05) is 14.1 Å². The van der Waals surface area contributed by atoms with Crippen molar-refractivity contribution in [3.8, 4) is 0 Å². The van der Waals surface area contributed by atoms with Gasteiger partial charge in [-0.1, -0.05) is 24.3 Å². The molecule has 0 amide bonds. The number of nitrogens with zero attached hydrogens (tertiary/aromatic N) is 1. The molecule has 62 valence electrons. The van der Waals surface area contributed by atoms with Gasteiger partial charge in [-0.25, -0.2) is 0 Å². The van der Waals surface area contributed by atoms with Crippen LogP contribution in [0.4, 0.5) is 0 Å². The zero-order chi connectivity index (χ0) is 8.69. The third kappa shape index (κ3) is 4.43. The van der Waals surface area contributed by atoms with Gasteiger partial charge in [0.25, 0.3) is 0 Å². The number of allylic oxidation sites excluding steroid dienone is 5. The molecule has 0 aromatic heterocycles. The lowest BCUT2D eigenvalue weighted by Gasteiger charge is -2.12. The largest absolute Gasteiger partial charge is 0.378 e. The topological polar surface area (TPSA) is 3.24 Å². The second-order valence-corrected chi connectivity index (χ2v) is 2.49. The molecular formula is C10H17N. The fraction of sp³-hybridized carbons (Fsp3) is 0.400. The summed E-state index contributed by atoms with van der Waals surface area (Å²) in [7, 11) is 4.07. The number of hydrogen-bond acceptors (Lipinski definition) is 1. The summed E-state index contributed by atoms with van der Waals surface area (Å²) in [6.07, 6.45) is 10.2. The van der Waals surface area contributed by atoms with Crippen LogP contribution in [0.25, 0.3) is 0 Å². The molecular weight excluding hydrogens is 134 g/mol. The molecule has 0 radical (unpaired) electrons. The summed E-state index contributed by atoms with van der Waals surface area (Å²) in [4.78, 5) is 2.08. The fourth-order valence-electron chi connectivity index (χ4n) is 0.769. The predicted octanol–water partition coefficient (Wildman–Crippen LogP) is 2.58. The van der Waals surface area contributed by atoms with Gasteiger partial charge in [0.1, 0.15) is 0 Å². The van der Waals surface area contributed by atoms with E-state index < -0.39 is 0 Å². The van der Waals surface area contributed by atoms with E-state index in [4.69, 9.17) is 0 Å². The first kappa shape index (κ1) is 10.0. The molecule has 0 aliphatic carbocycles. The Morgan fingerprint density at radius 3 is 2.09 bits per heavy atom. The fourth-order valence-corrected chi connectivity index (χ4v) is 0.769. The van der Waals surface area contributed by atoms with E-state index in [9.17, 15) is 0 Å². The number of rotatable bonds is 3. The minimum Gasteiger partial charge on any atom is -0.378 e. The lowest BCUT2D eigenvalue weighted by Crippen LogP contribution is -2.08. The molecule has 0 heterocycles. The molecule has 0 rings (SSSR count). The molecule has 0 aliphatic heterocycles. The van der Waals surface area contributed by atoms with Crippen molar-refractivity contribution >= 4 is 0 Å². The van der Waals surface area contributed by atoms with Crippen molar-refractivity contribution in [2.24, 2.45) is 0 Å². The van der Waals surface area contributed by atoms with Crippen molar-refractivity contribution in [3.05, 3.63) is 36.1 Å². The summed E-state index contributed by atoms with van der Waals surface area (Å²) in [5.41, 5.74) is 1.23. The van der Waals surface area contributed by atoms with E-state index in [-0.39, 0.29) is 0 Å². The van der Waals surface area contributed by atoms with Crippen LogP contribution >= 0.6 is 0 Å². The smallest absolute Gasteiger partial charge is 0.0317 e. The van der Waals surface area contributed by atoms with Gasteiger partial charge in [-0.3, -0.25) is 0 Å². The van der Waals surface area contributed by atoms with Crippen LogP contribution in [0.1, 0.15) is 13.8 Å². The van der Waals surface area contributed by atoms with Gasteiger partial charge in [-0.05, 0) is 19.9 Å². The van der Waals surface area contributed by atoms with Gasteiger partial charge in [0.05, 0.1) is 0 Å². The molecule has 0 saturated heterocycles. The molecule has 1 heteroatoms. The Morgan fingerprint density at radius 2 is 1.73 bits per heavy atom. The van der Waals surface area contributed by atoms with Crippen LogP contribution in [0, 0.1) is 0 Å². The molecule has 0 N–H and O–H groups in total. The monoisotopic (exact) mass is 151 g/mol. The molecule has 0 saturated carbocycles. The Labute approximate surface area is 69.7 Å². The first-order valence-corrected chi connectivity index (χ1v) is 3.85. The maximum absolute atomic E-state index is 2.08. The standard InChI is InChI=1S/C10H17N/c1-5-7-8-9-10(6-2)11(3)4/h5-9H,1-4H3/b7-5-,9-8-,10-6+. The van der Waals surface area contributed by atoms with E-state index in [1.165, 1.54) is 5.70 Å². The van der Waals surface area contributed by atoms with Crippen LogP contribution < -0.4 is 0 Å². The van der Waals surface area contributed by atoms with Crippen LogP contribution in [-0.2, 0) is 0 Å². The van der Waals surface area contributed by atoms with Gasteiger partial charge in [0.15, 0.2) is 0 Å². The first-order chi connectivity index (χ1) is 5.22. The van der Waals surface area contributed by atoms with E-state index in [1.54, 1.807) is 0 Å². The van der Waals surface area contributed by atoms with Crippen molar-refractivity contribution < 1.29 is 0 Å². The highest BCUT2D eigenvalue weighted by molar-refractivity contribution is 5.19. The van der Waals surface area contributed by atoms with Gasteiger partial charge in [0.2, 0.25) is 0 Å². The second kappa shape index (κ2) is 5.78. The number of hydrogen-bond donors (Lipinski definition) is 0. The van der Waals surface area contributed by atoms with E-state index >= 15 is 0 Å². The van der Waals surface area contributed by atoms with E-state index in [2.05, 4.69) is 17.1 Å². The van der Waals surface area contributed by atoms with E-state index in [0.717, 1.165) is 0 Å². The van der Waals surface area contributed by atoms with Crippen LogP contribution in [0.2, 0.25) is 0 Å². The maximum atomic E-state index is 2.08. The highest BCUT2D eigenvalue weighted by atomic mass is 15.1. The molecule has 0 aromatic carbocycles. The SMILES string of the molecule is C\C=C/C=C\C(=C/C)N(C)C. The lowest BCUT2D eigenvalue weighted by molar-refractivity contribution is 0.529. The summed E-state index contributed by atoms with van der Waals surface area (Å²) in [5, 5.41) is 0. The normalized spacial score (nSPS) is 13.3. The van der Waals surface area contributed by atoms with Crippen molar-refractivity contribution in [1.82, 2.24) is 4.90 Å². The van der Waals surface area contributed by atoms with E-state index in [0.29, 0.717) is 0 Å². The van der Waals surface area contributed by atoms with Crippen molar-refractivity contribution in [2.45, 2.75) is 13.8 Å². The minimum absolute atomic E-state index is 1.23. The first-order valence-electron chi connectivity index (χ1n) is 3.85. The Balaban J connectivity index is 4.10. The highest BCUT2D eigenvalue weighted by Crippen LogP contribution is 1.99. The van der Waals surface area contributed by atoms with Crippen LogP contribution in [-0.4, -0.2) is 19.0 Å². The molecule has 0 spiro atoms. The van der Waals surface area contributed by atoms with Crippen LogP contribution in [0.3, 0.4) is 0 Å².